The van der Waals surface area contributed by atoms with E-state index in [1.165, 1.54) is 30.6 Å². The van der Waals surface area contributed by atoms with Crippen molar-refractivity contribution in [3.05, 3.63) is 22.3 Å². The van der Waals surface area contributed by atoms with Crippen LogP contribution in [0.5, 0.6) is 0 Å². The van der Waals surface area contributed by atoms with E-state index in [2.05, 4.69) is 17.2 Å². The maximum atomic E-state index is 13.3. The lowest BCUT2D eigenvalue weighted by atomic mass is 9.72. The largest absolute Gasteiger partial charge is 0.496 e. The molecule has 1 aromatic heterocycles. The van der Waals surface area contributed by atoms with Gasteiger partial charge in [0, 0.05) is 17.5 Å². The number of carbonyl (C=O) groups is 2. The Morgan fingerprint density at radius 2 is 2.19 bits per heavy atom. The number of aryl methyl sites for hydroxylation is 1. The summed E-state index contributed by atoms with van der Waals surface area (Å²) in [4.78, 5) is 30.5. The molecule has 4 rings (SSSR count). The number of nitrogens with zero attached hydrogens (tertiary/aromatic N) is 1. The zero-order valence-corrected chi connectivity index (χ0v) is 19.4. The Hall–Kier alpha value is -1.73. The average molecular weight is 447 g/mol. The van der Waals surface area contributed by atoms with Crippen molar-refractivity contribution in [1.29, 1.82) is 0 Å². The highest BCUT2D eigenvalue weighted by Crippen LogP contribution is 2.42. The van der Waals surface area contributed by atoms with Gasteiger partial charge < -0.3 is 14.8 Å². The van der Waals surface area contributed by atoms with Crippen molar-refractivity contribution in [3.8, 4) is 0 Å². The van der Waals surface area contributed by atoms with Crippen LogP contribution >= 0.6 is 11.3 Å². The van der Waals surface area contributed by atoms with Crippen molar-refractivity contribution in [2.75, 3.05) is 6.54 Å². The molecule has 1 aliphatic carbocycles. The number of unbranched alkanes of at least 4 members (excludes halogenated alkanes) is 3. The molecule has 6 nitrogen and oxygen atoms in total. The molecule has 1 aromatic rings. The number of nitrogens with one attached hydrogen (secondary N) is 1. The molecule has 3 heterocycles. The number of hydrogen-bond donors (Lipinski definition) is 1. The number of carbonyl (C=O) groups excluding carboxylic acids is 2. The van der Waals surface area contributed by atoms with Crippen LogP contribution < -0.4 is 5.32 Å². The Morgan fingerprint density at radius 3 is 2.90 bits per heavy atom. The van der Waals surface area contributed by atoms with Crippen LogP contribution in [0.4, 0.5) is 0 Å². The van der Waals surface area contributed by atoms with Gasteiger partial charge in [0.05, 0.1) is 17.8 Å². The molecule has 7 heteroatoms. The molecular formula is C24H34N2O4S. The molecule has 0 aromatic carbocycles. The second-order valence-corrected chi connectivity index (χ2v) is 10.0. The van der Waals surface area contributed by atoms with Crippen molar-refractivity contribution < 1.29 is 19.1 Å². The van der Waals surface area contributed by atoms with Crippen LogP contribution in [0.15, 0.2) is 11.6 Å². The zero-order chi connectivity index (χ0) is 21.8. The van der Waals surface area contributed by atoms with Gasteiger partial charge in [-0.15, -0.1) is 11.3 Å². The molecule has 0 amide bonds. The third kappa shape index (κ3) is 5.20. The van der Waals surface area contributed by atoms with Crippen molar-refractivity contribution in [2.24, 2.45) is 11.8 Å². The molecule has 0 radical (unpaired) electrons. The Bertz CT molecular complexity index is 814. The summed E-state index contributed by atoms with van der Waals surface area (Å²) in [5.41, 5.74) is 1.51. The van der Waals surface area contributed by atoms with Gasteiger partial charge in [-0.1, -0.05) is 32.6 Å². The van der Waals surface area contributed by atoms with Crippen molar-refractivity contribution >= 4 is 28.7 Å². The smallest absolute Gasteiger partial charge is 0.323 e. The topological polar surface area (TPSA) is 77.5 Å². The number of allylic oxidation sites excluding steroid dienone is 1. The average Bonchev–Trinajstić information content (AvgIpc) is 3.44. The van der Waals surface area contributed by atoms with Crippen LogP contribution in [-0.4, -0.2) is 41.5 Å². The van der Waals surface area contributed by atoms with Crippen LogP contribution in [0.3, 0.4) is 0 Å². The SMILES string of the molecule is CCCCCCC1CC2C(=O)C(c3nc(C)cs3)=COC2CC1OC(=O)C1CCCN1. The molecule has 0 bridgehead atoms. The standard InChI is InChI=1S/C24H34N2O4S/c1-3-4-5-6-8-16-11-17-21(12-20(16)30-24(28)19-9-7-10-25-19)29-13-18(22(17)27)23-26-15(2)14-31-23/h13-14,16-17,19-21,25H,3-12H2,1-2H3. The summed E-state index contributed by atoms with van der Waals surface area (Å²) in [6.07, 6.45) is 10.0. The van der Waals surface area contributed by atoms with Crippen molar-refractivity contribution in [2.45, 2.75) is 89.9 Å². The lowest BCUT2D eigenvalue weighted by Gasteiger charge is -2.42. The van der Waals surface area contributed by atoms with Crippen LogP contribution in [-0.2, 0) is 19.1 Å². The summed E-state index contributed by atoms with van der Waals surface area (Å²) >= 11 is 1.49. The van der Waals surface area contributed by atoms with Gasteiger partial charge in [0.25, 0.3) is 0 Å². The first-order valence-corrected chi connectivity index (χ1v) is 12.7. The summed E-state index contributed by atoms with van der Waals surface area (Å²) in [5.74, 6) is 0.0101. The van der Waals surface area contributed by atoms with E-state index in [1.54, 1.807) is 6.26 Å². The van der Waals surface area contributed by atoms with Crippen LogP contribution in [0.25, 0.3) is 5.57 Å². The highest BCUT2D eigenvalue weighted by molar-refractivity contribution is 7.11. The van der Waals surface area contributed by atoms with Gasteiger partial charge in [-0.2, -0.15) is 0 Å². The van der Waals surface area contributed by atoms with Crippen LogP contribution in [0.2, 0.25) is 0 Å². The number of hydrogen-bond acceptors (Lipinski definition) is 7. The van der Waals surface area contributed by atoms with E-state index in [0.717, 1.165) is 42.9 Å². The van der Waals surface area contributed by atoms with Gasteiger partial charge in [-0.3, -0.25) is 9.59 Å². The lowest BCUT2D eigenvalue weighted by Crippen LogP contribution is -2.47. The summed E-state index contributed by atoms with van der Waals surface area (Å²) < 4.78 is 12.1. The van der Waals surface area contributed by atoms with Gasteiger partial charge >= 0.3 is 5.97 Å². The normalized spacial score (nSPS) is 30.5. The maximum absolute atomic E-state index is 13.3. The first kappa shape index (κ1) is 22.5. The molecular weight excluding hydrogens is 412 g/mol. The van der Waals surface area contributed by atoms with Gasteiger partial charge in [0.1, 0.15) is 23.3 Å². The van der Waals surface area contributed by atoms with Gasteiger partial charge in [-0.05, 0) is 45.1 Å². The molecule has 3 aliphatic rings. The Kier molecular flexibility index (Phi) is 7.43. The number of esters is 1. The van der Waals surface area contributed by atoms with E-state index in [-0.39, 0.29) is 41.8 Å². The fourth-order valence-corrected chi connectivity index (χ4v) is 5.89. The number of fused-ring (bicyclic) bond motifs is 1. The van der Waals surface area contributed by atoms with Gasteiger partial charge in [0.2, 0.25) is 0 Å². The van der Waals surface area contributed by atoms with E-state index < -0.39 is 0 Å². The van der Waals surface area contributed by atoms with Crippen LogP contribution in [0, 0.1) is 18.8 Å². The summed E-state index contributed by atoms with van der Waals surface area (Å²) in [6, 6.07) is -0.188. The molecule has 1 saturated heterocycles. The van der Waals surface area contributed by atoms with Gasteiger partial charge in [0.15, 0.2) is 5.78 Å². The van der Waals surface area contributed by atoms with E-state index in [9.17, 15) is 9.59 Å². The molecule has 2 fully saturated rings. The van der Waals surface area contributed by atoms with Crippen LogP contribution in [0.1, 0.15) is 75.4 Å². The fourth-order valence-electron chi connectivity index (χ4n) is 5.09. The number of rotatable bonds is 8. The fraction of sp³-hybridized carbons (Fsp3) is 0.708. The highest BCUT2D eigenvalue weighted by Gasteiger charge is 2.46. The Morgan fingerprint density at radius 1 is 1.32 bits per heavy atom. The molecule has 31 heavy (non-hydrogen) atoms. The molecule has 5 atom stereocenters. The maximum Gasteiger partial charge on any atom is 0.323 e. The number of Topliss-reactive ketones (excluding diaryl/α,β-unsaturated/α-hetero) is 1. The lowest BCUT2D eigenvalue weighted by molar-refractivity contribution is -0.162. The summed E-state index contributed by atoms with van der Waals surface area (Å²) in [5, 5.41) is 5.93. The second kappa shape index (κ2) is 10.3. The van der Waals surface area contributed by atoms with E-state index in [1.807, 2.05) is 12.3 Å². The molecule has 1 N–H and O–H groups in total. The third-order valence-electron chi connectivity index (χ3n) is 6.85. The first-order valence-electron chi connectivity index (χ1n) is 11.8. The Balaban J connectivity index is 1.47. The summed E-state index contributed by atoms with van der Waals surface area (Å²) in [7, 11) is 0. The molecule has 1 saturated carbocycles. The number of ether oxygens (including phenoxy) is 2. The minimum absolute atomic E-state index is 0.131. The minimum atomic E-state index is -0.224. The van der Waals surface area contributed by atoms with Gasteiger partial charge in [-0.25, -0.2) is 4.98 Å². The second-order valence-electron chi connectivity index (χ2n) is 9.18. The zero-order valence-electron chi connectivity index (χ0n) is 18.6. The predicted molar refractivity (Wildman–Crippen MR) is 121 cm³/mol. The summed E-state index contributed by atoms with van der Waals surface area (Å²) in [6.45, 7) is 5.01. The minimum Gasteiger partial charge on any atom is -0.496 e. The van der Waals surface area contributed by atoms with Crippen molar-refractivity contribution in [1.82, 2.24) is 10.3 Å². The molecule has 170 valence electrons. The third-order valence-corrected chi connectivity index (χ3v) is 7.84. The predicted octanol–water partition coefficient (Wildman–Crippen LogP) is 4.42. The Labute approximate surface area is 188 Å². The van der Waals surface area contributed by atoms with E-state index in [4.69, 9.17) is 9.47 Å². The monoisotopic (exact) mass is 446 g/mol. The highest BCUT2D eigenvalue weighted by atomic mass is 32.1. The number of thiazole rings is 1. The quantitative estimate of drug-likeness (QED) is 0.470. The van der Waals surface area contributed by atoms with E-state index in [0.29, 0.717) is 18.4 Å². The number of aromatic nitrogens is 1. The molecule has 2 aliphatic heterocycles. The van der Waals surface area contributed by atoms with Crippen molar-refractivity contribution in [3.63, 3.8) is 0 Å². The van der Waals surface area contributed by atoms with E-state index >= 15 is 0 Å². The molecule has 0 spiro atoms. The first-order chi connectivity index (χ1) is 15.1. The number of ketones is 1. The molecule has 5 unspecified atom stereocenters.